The van der Waals surface area contributed by atoms with Crippen molar-refractivity contribution in [3.63, 3.8) is 0 Å². The van der Waals surface area contributed by atoms with Gasteiger partial charge in [0.25, 0.3) is 0 Å². The molecule has 0 fully saturated rings. The fourth-order valence-corrected chi connectivity index (χ4v) is 4.96. The van der Waals surface area contributed by atoms with Crippen LogP contribution >= 0.6 is 7.60 Å². The van der Waals surface area contributed by atoms with E-state index in [9.17, 15) is 14.5 Å². The molecule has 0 heterocycles. The van der Waals surface area contributed by atoms with Crippen molar-refractivity contribution in [3.8, 4) is 0 Å². The molecule has 0 radical (unpaired) electrons. The summed E-state index contributed by atoms with van der Waals surface area (Å²) in [5.74, 6) is -1.69. The summed E-state index contributed by atoms with van der Waals surface area (Å²) in [5.41, 5.74) is -2.01. The number of nitrogens with zero attached hydrogens (tertiary/aromatic N) is 1. The Bertz CT molecular complexity index is 462. The van der Waals surface area contributed by atoms with E-state index in [2.05, 4.69) is 0 Å². The quantitative estimate of drug-likeness (QED) is 0.420. The zero-order chi connectivity index (χ0) is 20.1. The Hall–Kier alpha value is -0.460. The summed E-state index contributed by atoms with van der Waals surface area (Å²) in [6.07, 6.45) is 0. The van der Waals surface area contributed by atoms with Gasteiger partial charge in [-0.3, -0.25) is 9.40 Å². The van der Waals surface area contributed by atoms with Crippen molar-refractivity contribution >= 4 is 13.6 Å². The van der Waals surface area contributed by atoms with Gasteiger partial charge in [0, 0.05) is 6.54 Å². The van der Waals surface area contributed by atoms with E-state index >= 15 is 0 Å². The molecule has 0 aromatic carbocycles. The summed E-state index contributed by atoms with van der Waals surface area (Å²) < 4.78 is 24.6. The Kier molecular flexibility index (Phi) is 9.29. The average Bonchev–Trinajstić information content (AvgIpc) is 2.35. The molecule has 1 unspecified atom stereocenters. The van der Waals surface area contributed by atoms with Crippen LogP contribution in [0.5, 0.6) is 0 Å². The van der Waals surface area contributed by atoms with Crippen LogP contribution in [0.15, 0.2) is 0 Å². The summed E-state index contributed by atoms with van der Waals surface area (Å²) in [4.78, 5) is 17.4. The Labute approximate surface area is 152 Å². The Morgan fingerprint density at radius 2 is 1.52 bits per heavy atom. The first-order valence-corrected chi connectivity index (χ1v) is 10.4. The van der Waals surface area contributed by atoms with E-state index < -0.39 is 30.4 Å². The van der Waals surface area contributed by atoms with E-state index in [0.29, 0.717) is 6.54 Å². The normalized spacial score (nSPS) is 15.0. The van der Waals surface area contributed by atoms with Crippen LogP contribution in [-0.4, -0.2) is 47.3 Å². The maximum atomic E-state index is 13.5. The SMILES string of the molecule is CCOP(=O)(OCC)C(N(CC(C)C)OC(C)(C)C(=O)O)C(C)(C)C. The maximum absolute atomic E-state index is 13.5. The van der Waals surface area contributed by atoms with E-state index in [0.717, 1.165) is 0 Å². The minimum Gasteiger partial charge on any atom is -0.479 e. The first-order valence-electron chi connectivity index (χ1n) is 8.79. The standard InChI is InChI=1S/C17H36NO6P/c1-10-22-25(21,23-11-2)14(16(5,6)7)18(12-13(3)4)24-17(8,9)15(19)20/h13-14H,10-12H2,1-9H3,(H,19,20). The van der Waals surface area contributed by atoms with Gasteiger partial charge in [0.1, 0.15) is 5.78 Å². The van der Waals surface area contributed by atoms with Crippen LogP contribution in [0, 0.1) is 11.3 Å². The topological polar surface area (TPSA) is 85.3 Å². The Morgan fingerprint density at radius 1 is 1.08 bits per heavy atom. The molecule has 0 aliphatic heterocycles. The lowest BCUT2D eigenvalue weighted by Crippen LogP contribution is -2.51. The van der Waals surface area contributed by atoms with Gasteiger partial charge in [-0.05, 0) is 39.0 Å². The number of aliphatic carboxylic acids is 1. The molecule has 0 aliphatic carbocycles. The van der Waals surface area contributed by atoms with Crippen LogP contribution < -0.4 is 0 Å². The highest BCUT2D eigenvalue weighted by Crippen LogP contribution is 2.60. The van der Waals surface area contributed by atoms with E-state index in [1.165, 1.54) is 18.9 Å². The lowest BCUT2D eigenvalue weighted by molar-refractivity contribution is -0.261. The van der Waals surface area contributed by atoms with Crippen molar-refractivity contribution in [1.29, 1.82) is 0 Å². The number of hydroxylamine groups is 2. The highest BCUT2D eigenvalue weighted by Gasteiger charge is 2.50. The number of rotatable bonds is 11. The molecule has 0 amide bonds. The predicted octanol–water partition coefficient (Wildman–Crippen LogP) is 4.38. The fraction of sp³-hybridized carbons (Fsp3) is 0.941. The Balaban J connectivity index is 6.10. The molecule has 1 N–H and O–H groups in total. The number of carbonyl (C=O) groups is 1. The summed E-state index contributed by atoms with van der Waals surface area (Å²) in [6, 6.07) is 0. The van der Waals surface area contributed by atoms with Crippen molar-refractivity contribution in [2.24, 2.45) is 11.3 Å². The second-order valence-corrected chi connectivity index (χ2v) is 10.1. The lowest BCUT2D eigenvalue weighted by Gasteiger charge is -2.44. The number of hydrogen-bond donors (Lipinski definition) is 1. The number of carboxylic acids is 1. The van der Waals surface area contributed by atoms with E-state index in [4.69, 9.17) is 13.9 Å². The van der Waals surface area contributed by atoms with Gasteiger partial charge in [0.15, 0.2) is 5.60 Å². The van der Waals surface area contributed by atoms with Gasteiger partial charge in [-0.2, -0.15) is 5.06 Å². The second kappa shape index (κ2) is 9.47. The van der Waals surface area contributed by atoms with Crippen LogP contribution in [0.3, 0.4) is 0 Å². The van der Waals surface area contributed by atoms with Crippen LogP contribution in [-0.2, 0) is 23.2 Å². The summed E-state index contributed by atoms with van der Waals surface area (Å²) in [5, 5.41) is 10.9. The zero-order valence-electron chi connectivity index (χ0n) is 17.2. The van der Waals surface area contributed by atoms with Crippen LogP contribution in [0.2, 0.25) is 0 Å². The second-order valence-electron chi connectivity index (χ2n) is 8.02. The maximum Gasteiger partial charge on any atom is 0.350 e. The van der Waals surface area contributed by atoms with Crippen LogP contribution in [0.1, 0.15) is 62.3 Å². The molecular formula is C17H36NO6P. The van der Waals surface area contributed by atoms with Crippen molar-refractivity contribution in [1.82, 2.24) is 5.06 Å². The largest absolute Gasteiger partial charge is 0.479 e. The molecule has 25 heavy (non-hydrogen) atoms. The third kappa shape index (κ3) is 7.35. The zero-order valence-corrected chi connectivity index (χ0v) is 18.1. The molecule has 0 spiro atoms. The molecule has 0 aliphatic rings. The van der Waals surface area contributed by atoms with E-state index in [1.54, 1.807) is 13.8 Å². The number of carboxylic acid groups (broad SMARTS) is 1. The van der Waals surface area contributed by atoms with Gasteiger partial charge in [-0.1, -0.05) is 34.6 Å². The minimum absolute atomic E-state index is 0.158. The summed E-state index contributed by atoms with van der Waals surface area (Å²) in [7, 11) is -3.57. The molecule has 1 atom stereocenters. The average molecular weight is 381 g/mol. The van der Waals surface area contributed by atoms with Gasteiger partial charge >= 0.3 is 13.6 Å². The van der Waals surface area contributed by atoms with Crippen molar-refractivity contribution in [3.05, 3.63) is 0 Å². The molecule has 7 nitrogen and oxygen atoms in total. The molecule has 0 bridgehead atoms. The fourth-order valence-electron chi connectivity index (χ4n) is 2.48. The molecule has 150 valence electrons. The number of hydrogen-bond acceptors (Lipinski definition) is 6. The van der Waals surface area contributed by atoms with Crippen molar-refractivity contribution in [2.45, 2.75) is 73.7 Å². The monoisotopic (exact) mass is 381 g/mol. The molecule has 0 aromatic heterocycles. The summed E-state index contributed by atoms with van der Waals surface area (Å²) in [6.45, 7) is 17.0. The van der Waals surface area contributed by atoms with E-state index in [1.807, 2.05) is 34.6 Å². The first kappa shape index (κ1) is 24.5. The van der Waals surface area contributed by atoms with Gasteiger partial charge < -0.3 is 14.2 Å². The highest BCUT2D eigenvalue weighted by atomic mass is 31.2. The predicted molar refractivity (Wildman–Crippen MR) is 98.4 cm³/mol. The molecular weight excluding hydrogens is 345 g/mol. The van der Waals surface area contributed by atoms with Gasteiger partial charge in [0.05, 0.1) is 13.2 Å². The smallest absolute Gasteiger partial charge is 0.350 e. The van der Waals surface area contributed by atoms with Crippen molar-refractivity contribution in [2.75, 3.05) is 19.8 Å². The van der Waals surface area contributed by atoms with Gasteiger partial charge in [-0.25, -0.2) is 4.79 Å². The molecule has 8 heteroatoms. The third-order valence-corrected chi connectivity index (χ3v) is 6.24. The Morgan fingerprint density at radius 3 is 1.80 bits per heavy atom. The molecule has 0 aromatic rings. The van der Waals surface area contributed by atoms with Gasteiger partial charge in [-0.15, -0.1) is 0 Å². The lowest BCUT2D eigenvalue weighted by atomic mass is 9.96. The summed E-state index contributed by atoms with van der Waals surface area (Å²) >= 11 is 0. The van der Waals surface area contributed by atoms with Crippen molar-refractivity contribution < 1.29 is 28.4 Å². The highest BCUT2D eigenvalue weighted by molar-refractivity contribution is 7.54. The molecule has 0 rings (SSSR count). The van der Waals surface area contributed by atoms with Crippen LogP contribution in [0.4, 0.5) is 0 Å². The molecule has 0 saturated carbocycles. The molecule has 0 saturated heterocycles. The third-order valence-electron chi connectivity index (χ3n) is 3.37. The first-order chi connectivity index (χ1) is 11.2. The van der Waals surface area contributed by atoms with Gasteiger partial charge in [0.2, 0.25) is 0 Å². The van der Waals surface area contributed by atoms with E-state index in [-0.39, 0.29) is 19.1 Å². The van der Waals surface area contributed by atoms with Crippen LogP contribution in [0.25, 0.3) is 0 Å². The minimum atomic E-state index is -3.57.